The van der Waals surface area contributed by atoms with Gasteiger partial charge >= 0.3 is 10.4 Å². The number of unbranched alkanes of at least 4 members (excludes halogenated alkanes) is 28. The normalized spacial score (nSPS) is 20.5. The fourth-order valence-electron chi connectivity index (χ4n) is 8.13. The van der Waals surface area contributed by atoms with Gasteiger partial charge in [0, 0.05) is 6.42 Å². The fourth-order valence-corrected chi connectivity index (χ4v) is 8.64. The van der Waals surface area contributed by atoms with Gasteiger partial charge in [-0.3, -0.25) is 9.35 Å². The van der Waals surface area contributed by atoms with E-state index in [9.17, 15) is 38.2 Å². The van der Waals surface area contributed by atoms with Crippen molar-refractivity contribution < 1.29 is 51.8 Å². The third-order valence-electron chi connectivity index (χ3n) is 12.2. The maximum atomic E-state index is 13.1. The van der Waals surface area contributed by atoms with Gasteiger partial charge in [-0.05, 0) is 51.4 Å². The zero-order valence-electron chi connectivity index (χ0n) is 40.3. The van der Waals surface area contributed by atoms with Crippen LogP contribution >= 0.6 is 0 Å². The molecule has 7 unspecified atom stereocenters. The molecule has 0 radical (unpaired) electrons. The predicted molar refractivity (Wildman–Crippen MR) is 259 cm³/mol. The third kappa shape index (κ3) is 33.7. The second-order valence-electron chi connectivity index (χ2n) is 18.1. The molecule has 1 amide bonds. The van der Waals surface area contributed by atoms with Crippen molar-refractivity contribution in [1.82, 2.24) is 5.32 Å². The van der Waals surface area contributed by atoms with Crippen molar-refractivity contribution in [3.63, 3.8) is 0 Å². The van der Waals surface area contributed by atoms with Crippen molar-refractivity contribution in [1.29, 1.82) is 0 Å². The molecule has 0 bridgehead atoms. The van der Waals surface area contributed by atoms with E-state index in [0.717, 1.165) is 57.8 Å². The first kappa shape index (κ1) is 60.3. The Morgan fingerprint density at radius 1 is 0.625 bits per heavy atom. The molecule has 1 aliphatic heterocycles. The van der Waals surface area contributed by atoms with Crippen molar-refractivity contribution in [2.24, 2.45) is 0 Å². The van der Waals surface area contributed by atoms with E-state index in [1.807, 2.05) is 6.08 Å². The molecule has 376 valence electrons. The molecule has 0 saturated carbocycles. The second-order valence-corrected chi connectivity index (χ2v) is 19.2. The first-order valence-corrected chi connectivity index (χ1v) is 27.2. The molecule has 1 rings (SSSR count). The quantitative estimate of drug-likeness (QED) is 0.0194. The number of carbonyl (C=O) groups excluding carboxylic acids is 1. The molecular formula is C51H95NO11S. The number of aliphatic hydroxyl groups excluding tert-OH is 4. The zero-order chi connectivity index (χ0) is 46.9. The lowest BCUT2D eigenvalue weighted by Crippen LogP contribution is -2.61. The monoisotopic (exact) mass is 930 g/mol. The van der Waals surface area contributed by atoms with Gasteiger partial charge in [0.05, 0.1) is 25.4 Å². The molecule has 6 N–H and O–H groups in total. The molecular weight excluding hydrogens is 835 g/mol. The molecule has 0 aromatic heterocycles. The lowest BCUT2D eigenvalue weighted by molar-refractivity contribution is -0.298. The Morgan fingerprint density at radius 2 is 1.05 bits per heavy atom. The molecule has 0 aliphatic carbocycles. The largest absolute Gasteiger partial charge is 0.397 e. The molecule has 0 aromatic rings. The molecule has 1 aliphatic rings. The molecule has 1 saturated heterocycles. The highest BCUT2D eigenvalue weighted by Gasteiger charge is 2.48. The van der Waals surface area contributed by atoms with Crippen LogP contribution in [0, 0.1) is 0 Å². The lowest BCUT2D eigenvalue weighted by atomic mass is 9.99. The van der Waals surface area contributed by atoms with Crippen LogP contribution in [0.1, 0.15) is 226 Å². The summed E-state index contributed by atoms with van der Waals surface area (Å²) in [6, 6.07) is -0.948. The number of amides is 1. The summed E-state index contributed by atoms with van der Waals surface area (Å²) < 4.78 is 47.7. The van der Waals surface area contributed by atoms with Gasteiger partial charge in [0.2, 0.25) is 5.91 Å². The number of rotatable bonds is 44. The highest BCUT2D eigenvalue weighted by Crippen LogP contribution is 2.26. The highest BCUT2D eigenvalue weighted by atomic mass is 32.3. The Labute approximate surface area is 390 Å². The van der Waals surface area contributed by atoms with Crippen LogP contribution in [0.15, 0.2) is 36.5 Å². The van der Waals surface area contributed by atoms with Crippen molar-refractivity contribution >= 4 is 16.3 Å². The standard InChI is InChI=1S/C51H95NO11S/c1-3-5-7-9-11-13-15-17-19-20-21-22-23-24-25-26-27-29-31-33-35-37-39-41-47(55)52-44(43-61-51-49(57)50(63-64(58,59)60)48(56)46(42-53)62-51)45(54)40-38-36-34-32-30-28-18-16-14-12-10-8-6-4-2/h21-22,24-25,38,40,44-46,48-51,53-54,56-57H,3-20,23,26-37,39,41-43H2,1-2H3,(H,52,55)(H,58,59,60)/b22-21-,25-24-,40-38+. The molecule has 12 nitrogen and oxygen atoms in total. The Morgan fingerprint density at radius 3 is 1.48 bits per heavy atom. The van der Waals surface area contributed by atoms with Gasteiger partial charge in [0.15, 0.2) is 6.29 Å². The Balaban J connectivity index is 2.43. The van der Waals surface area contributed by atoms with Crippen molar-refractivity contribution in [3.8, 4) is 0 Å². The molecule has 1 heterocycles. The van der Waals surface area contributed by atoms with E-state index in [1.54, 1.807) is 6.08 Å². The van der Waals surface area contributed by atoms with Gasteiger partial charge in [-0.15, -0.1) is 0 Å². The van der Waals surface area contributed by atoms with Gasteiger partial charge in [-0.2, -0.15) is 8.42 Å². The van der Waals surface area contributed by atoms with Crippen LogP contribution in [0.5, 0.6) is 0 Å². The maximum absolute atomic E-state index is 13.1. The second kappa shape index (κ2) is 41.5. The van der Waals surface area contributed by atoms with Crippen molar-refractivity contribution in [2.45, 2.75) is 269 Å². The highest BCUT2D eigenvalue weighted by molar-refractivity contribution is 7.80. The van der Waals surface area contributed by atoms with E-state index in [4.69, 9.17) is 9.47 Å². The number of aliphatic hydroxyl groups is 4. The molecule has 13 heteroatoms. The van der Waals surface area contributed by atoms with E-state index in [0.29, 0.717) is 6.42 Å². The Kier molecular flexibility index (Phi) is 39.1. The Hall–Kier alpha value is -1.68. The average molecular weight is 930 g/mol. The van der Waals surface area contributed by atoms with Gasteiger partial charge in [0.25, 0.3) is 0 Å². The molecule has 1 fully saturated rings. The van der Waals surface area contributed by atoms with Crippen LogP contribution in [0.2, 0.25) is 0 Å². The minimum Gasteiger partial charge on any atom is -0.394 e. The van der Waals surface area contributed by atoms with Gasteiger partial charge in [-0.25, -0.2) is 4.18 Å². The minimum atomic E-state index is -5.09. The summed E-state index contributed by atoms with van der Waals surface area (Å²) in [5.41, 5.74) is 0. The number of nitrogens with one attached hydrogen (secondary N) is 1. The number of allylic oxidation sites excluding steroid dienone is 5. The van der Waals surface area contributed by atoms with Crippen molar-refractivity contribution in [2.75, 3.05) is 13.2 Å². The summed E-state index contributed by atoms with van der Waals surface area (Å²) in [4.78, 5) is 13.1. The van der Waals surface area contributed by atoms with Crippen LogP contribution in [0.25, 0.3) is 0 Å². The summed E-state index contributed by atoms with van der Waals surface area (Å²) in [6.07, 6.45) is 41.8. The smallest absolute Gasteiger partial charge is 0.394 e. The van der Waals surface area contributed by atoms with E-state index in [-0.39, 0.29) is 18.9 Å². The van der Waals surface area contributed by atoms with E-state index in [2.05, 4.69) is 47.7 Å². The molecule has 0 spiro atoms. The Bertz CT molecular complexity index is 1280. The molecule has 64 heavy (non-hydrogen) atoms. The number of carbonyl (C=O) groups is 1. The first-order chi connectivity index (χ1) is 31.0. The zero-order valence-corrected chi connectivity index (χ0v) is 41.2. The van der Waals surface area contributed by atoms with E-state index in [1.165, 1.54) is 141 Å². The summed E-state index contributed by atoms with van der Waals surface area (Å²) in [6.45, 7) is 3.39. The molecule has 7 atom stereocenters. The number of hydrogen-bond acceptors (Lipinski definition) is 10. The van der Waals surface area contributed by atoms with Crippen LogP contribution < -0.4 is 5.32 Å². The average Bonchev–Trinajstić information content (AvgIpc) is 3.27. The van der Waals surface area contributed by atoms with Crippen molar-refractivity contribution in [3.05, 3.63) is 36.5 Å². The fraction of sp³-hybridized carbons (Fsp3) is 0.863. The first-order valence-electron chi connectivity index (χ1n) is 25.9. The van der Waals surface area contributed by atoms with E-state index >= 15 is 0 Å². The summed E-state index contributed by atoms with van der Waals surface area (Å²) in [5.74, 6) is -0.270. The number of ether oxygens (including phenoxy) is 2. The van der Waals surface area contributed by atoms with Crippen LogP contribution in [-0.2, 0) is 28.9 Å². The molecule has 0 aromatic carbocycles. The minimum absolute atomic E-state index is 0.260. The van der Waals surface area contributed by atoms with Crippen LogP contribution in [-0.4, -0.2) is 95.4 Å². The maximum Gasteiger partial charge on any atom is 0.397 e. The summed E-state index contributed by atoms with van der Waals surface area (Å²) in [7, 11) is -5.09. The third-order valence-corrected chi connectivity index (χ3v) is 12.6. The van der Waals surface area contributed by atoms with Crippen LogP contribution in [0.4, 0.5) is 0 Å². The van der Waals surface area contributed by atoms with Gasteiger partial charge in [0.1, 0.15) is 24.4 Å². The lowest BCUT2D eigenvalue weighted by Gasteiger charge is -2.41. The summed E-state index contributed by atoms with van der Waals surface area (Å²) >= 11 is 0. The van der Waals surface area contributed by atoms with E-state index < -0.39 is 59.9 Å². The van der Waals surface area contributed by atoms with Gasteiger partial charge < -0.3 is 35.2 Å². The number of hydrogen-bond donors (Lipinski definition) is 6. The SMILES string of the molecule is CCCCCCCCCCC/C=C\C/C=C\CCCCCCCCCC(=O)NC(COC1OC(CO)C(O)C(OS(=O)(=O)O)C1O)C(O)/C=C/CCCCCCCCCCCCCC. The van der Waals surface area contributed by atoms with Gasteiger partial charge in [-0.1, -0.05) is 204 Å². The summed E-state index contributed by atoms with van der Waals surface area (Å²) in [5, 5.41) is 44.8. The predicted octanol–water partition coefficient (Wildman–Crippen LogP) is 11.1. The topological polar surface area (TPSA) is 192 Å². The van der Waals surface area contributed by atoms with Crippen LogP contribution in [0.3, 0.4) is 0 Å².